The van der Waals surface area contributed by atoms with Gasteiger partial charge in [0.15, 0.2) is 0 Å². The normalized spacial score (nSPS) is 14.7. The van der Waals surface area contributed by atoms with Gasteiger partial charge in [0, 0.05) is 19.2 Å². The van der Waals surface area contributed by atoms with Crippen molar-refractivity contribution >= 4 is 5.97 Å². The third kappa shape index (κ3) is 1.55. The van der Waals surface area contributed by atoms with Gasteiger partial charge in [-0.05, 0) is 11.6 Å². The fourth-order valence-electron chi connectivity index (χ4n) is 1.80. The average Bonchev–Trinajstić information content (AvgIpc) is 2.23. The molecule has 1 aliphatic heterocycles. The molecule has 0 saturated heterocycles. The molecule has 0 bridgehead atoms. The molecular weight excluding hydrogens is 198 g/mol. The van der Waals surface area contributed by atoms with Crippen LogP contribution in [-0.4, -0.2) is 22.2 Å². The molecule has 1 aliphatic rings. The third-order valence-corrected chi connectivity index (χ3v) is 2.60. The van der Waals surface area contributed by atoms with Crippen molar-refractivity contribution in [1.82, 2.24) is 4.57 Å². The van der Waals surface area contributed by atoms with Crippen molar-refractivity contribution in [1.29, 1.82) is 0 Å². The smallest absolute Gasteiger partial charge is 0.341 e. The van der Waals surface area contributed by atoms with Gasteiger partial charge in [-0.1, -0.05) is 0 Å². The van der Waals surface area contributed by atoms with E-state index in [2.05, 4.69) is 0 Å². The SMILES string of the molecule is Cn1c2c(cc(C(=O)O)c1=O)COCC2. The lowest BCUT2D eigenvalue weighted by Crippen LogP contribution is -2.30. The molecule has 5 nitrogen and oxygen atoms in total. The summed E-state index contributed by atoms with van der Waals surface area (Å²) in [4.78, 5) is 22.4. The van der Waals surface area contributed by atoms with Crippen LogP contribution in [-0.2, 0) is 24.8 Å². The number of carboxylic acids is 1. The van der Waals surface area contributed by atoms with Gasteiger partial charge in [-0.25, -0.2) is 4.79 Å². The van der Waals surface area contributed by atoms with Crippen molar-refractivity contribution in [2.75, 3.05) is 6.61 Å². The van der Waals surface area contributed by atoms with Gasteiger partial charge in [-0.15, -0.1) is 0 Å². The number of fused-ring (bicyclic) bond motifs is 1. The Morgan fingerprint density at radius 1 is 1.60 bits per heavy atom. The molecule has 0 fully saturated rings. The summed E-state index contributed by atoms with van der Waals surface area (Å²) < 4.78 is 6.62. The number of ether oxygens (including phenoxy) is 1. The Morgan fingerprint density at radius 2 is 2.33 bits per heavy atom. The van der Waals surface area contributed by atoms with Crippen LogP contribution < -0.4 is 5.56 Å². The largest absolute Gasteiger partial charge is 0.477 e. The van der Waals surface area contributed by atoms with Gasteiger partial charge in [-0.2, -0.15) is 0 Å². The second-order valence-corrected chi connectivity index (χ2v) is 3.50. The van der Waals surface area contributed by atoms with Crippen LogP contribution in [0.5, 0.6) is 0 Å². The predicted molar refractivity (Wildman–Crippen MR) is 52.0 cm³/mol. The molecule has 1 aromatic heterocycles. The minimum atomic E-state index is -1.19. The summed E-state index contributed by atoms with van der Waals surface area (Å²) in [5, 5.41) is 8.84. The maximum atomic E-state index is 11.6. The van der Waals surface area contributed by atoms with Crippen LogP contribution in [0.25, 0.3) is 0 Å². The van der Waals surface area contributed by atoms with E-state index in [1.165, 1.54) is 10.6 Å². The van der Waals surface area contributed by atoms with E-state index in [4.69, 9.17) is 9.84 Å². The zero-order valence-electron chi connectivity index (χ0n) is 8.32. The van der Waals surface area contributed by atoms with Crippen LogP contribution in [0, 0.1) is 0 Å². The molecule has 1 aromatic rings. The molecule has 80 valence electrons. The maximum Gasteiger partial charge on any atom is 0.341 e. The van der Waals surface area contributed by atoms with E-state index < -0.39 is 11.5 Å². The molecule has 0 atom stereocenters. The van der Waals surface area contributed by atoms with E-state index in [-0.39, 0.29) is 5.56 Å². The van der Waals surface area contributed by atoms with Crippen molar-refractivity contribution in [3.8, 4) is 0 Å². The Balaban J connectivity index is 2.68. The Hall–Kier alpha value is -1.62. The van der Waals surface area contributed by atoms with Gasteiger partial charge in [0.2, 0.25) is 0 Å². The number of hydrogen-bond acceptors (Lipinski definition) is 3. The molecule has 0 aromatic carbocycles. The lowest BCUT2D eigenvalue weighted by molar-refractivity contribution is 0.0692. The average molecular weight is 209 g/mol. The van der Waals surface area contributed by atoms with Crippen molar-refractivity contribution in [2.24, 2.45) is 7.05 Å². The highest BCUT2D eigenvalue weighted by molar-refractivity contribution is 5.87. The lowest BCUT2D eigenvalue weighted by Gasteiger charge is -2.19. The summed E-state index contributed by atoms with van der Waals surface area (Å²) in [6.07, 6.45) is 0.654. The summed E-state index contributed by atoms with van der Waals surface area (Å²) in [6, 6.07) is 1.42. The Labute approximate surface area is 85.9 Å². The number of rotatable bonds is 1. The monoisotopic (exact) mass is 209 g/mol. The first-order chi connectivity index (χ1) is 7.11. The third-order valence-electron chi connectivity index (χ3n) is 2.60. The van der Waals surface area contributed by atoms with Crippen LogP contribution in [0.4, 0.5) is 0 Å². The topological polar surface area (TPSA) is 68.5 Å². The molecule has 1 N–H and O–H groups in total. The van der Waals surface area contributed by atoms with Crippen LogP contribution in [0.3, 0.4) is 0 Å². The molecule has 5 heteroatoms. The van der Waals surface area contributed by atoms with Gasteiger partial charge >= 0.3 is 5.97 Å². The van der Waals surface area contributed by atoms with Crippen molar-refractivity contribution < 1.29 is 14.6 Å². The first kappa shape index (κ1) is 9.92. The summed E-state index contributed by atoms with van der Waals surface area (Å²) >= 11 is 0. The molecule has 0 amide bonds. The van der Waals surface area contributed by atoms with E-state index in [1.807, 2.05) is 0 Å². The predicted octanol–water partition coefficient (Wildman–Crippen LogP) is 0.156. The van der Waals surface area contributed by atoms with Crippen molar-refractivity contribution in [3.63, 3.8) is 0 Å². The molecule has 2 heterocycles. The molecule has 15 heavy (non-hydrogen) atoms. The van der Waals surface area contributed by atoms with Crippen LogP contribution in [0.15, 0.2) is 10.9 Å². The van der Waals surface area contributed by atoms with Gasteiger partial charge in [-0.3, -0.25) is 4.79 Å². The molecular formula is C10H11NO4. The van der Waals surface area contributed by atoms with Crippen LogP contribution in [0.1, 0.15) is 21.6 Å². The number of pyridine rings is 1. The maximum absolute atomic E-state index is 11.6. The summed E-state index contributed by atoms with van der Waals surface area (Å²) in [6.45, 7) is 0.955. The van der Waals surface area contributed by atoms with Crippen LogP contribution >= 0.6 is 0 Å². The van der Waals surface area contributed by atoms with E-state index in [0.29, 0.717) is 19.6 Å². The van der Waals surface area contributed by atoms with Crippen LogP contribution in [0.2, 0.25) is 0 Å². The highest BCUT2D eigenvalue weighted by Crippen LogP contribution is 2.15. The fraction of sp³-hybridized carbons (Fsp3) is 0.400. The molecule has 0 aliphatic carbocycles. The van der Waals surface area contributed by atoms with Gasteiger partial charge in [0.05, 0.1) is 13.2 Å². The number of hydrogen-bond donors (Lipinski definition) is 1. The molecule has 0 spiro atoms. The number of aromatic nitrogens is 1. The van der Waals surface area contributed by atoms with Gasteiger partial charge < -0.3 is 14.4 Å². The second kappa shape index (κ2) is 3.51. The fourth-order valence-corrected chi connectivity index (χ4v) is 1.80. The zero-order valence-corrected chi connectivity index (χ0v) is 8.32. The van der Waals surface area contributed by atoms with E-state index in [0.717, 1.165) is 11.3 Å². The highest BCUT2D eigenvalue weighted by Gasteiger charge is 2.19. The Bertz CT molecular complexity index is 475. The number of aromatic carboxylic acids is 1. The Morgan fingerprint density at radius 3 is 3.00 bits per heavy atom. The minimum Gasteiger partial charge on any atom is -0.477 e. The highest BCUT2D eigenvalue weighted by atomic mass is 16.5. The standard InChI is InChI=1S/C10H11NO4/c1-11-8-2-3-15-5-6(8)4-7(9(11)12)10(13)14/h4H,2-3,5H2,1H3,(H,13,14). The van der Waals surface area contributed by atoms with E-state index in [9.17, 15) is 9.59 Å². The number of carboxylic acid groups (broad SMARTS) is 1. The second-order valence-electron chi connectivity index (χ2n) is 3.50. The van der Waals surface area contributed by atoms with Gasteiger partial charge in [0.25, 0.3) is 5.56 Å². The molecule has 0 radical (unpaired) electrons. The first-order valence-corrected chi connectivity index (χ1v) is 4.64. The lowest BCUT2D eigenvalue weighted by atomic mass is 10.1. The molecule has 0 saturated carbocycles. The molecule has 0 unspecified atom stereocenters. The summed E-state index contributed by atoms with van der Waals surface area (Å²) in [7, 11) is 1.60. The molecule has 2 rings (SSSR count). The quantitative estimate of drug-likeness (QED) is 0.715. The van der Waals surface area contributed by atoms with Crippen molar-refractivity contribution in [2.45, 2.75) is 13.0 Å². The van der Waals surface area contributed by atoms with Gasteiger partial charge in [0.1, 0.15) is 5.56 Å². The minimum absolute atomic E-state index is 0.193. The zero-order chi connectivity index (χ0) is 11.0. The Kier molecular flexibility index (Phi) is 2.32. The number of nitrogens with zero attached hydrogens (tertiary/aromatic N) is 1. The van der Waals surface area contributed by atoms with E-state index in [1.54, 1.807) is 7.05 Å². The van der Waals surface area contributed by atoms with E-state index >= 15 is 0 Å². The van der Waals surface area contributed by atoms with Crippen molar-refractivity contribution in [3.05, 3.63) is 33.2 Å². The number of carbonyl (C=O) groups is 1. The summed E-state index contributed by atoms with van der Waals surface area (Å²) in [5.41, 5.74) is 1.02. The summed E-state index contributed by atoms with van der Waals surface area (Å²) in [5.74, 6) is -1.19. The first-order valence-electron chi connectivity index (χ1n) is 4.64.